The van der Waals surface area contributed by atoms with E-state index in [1.165, 1.54) is 6.42 Å². The third-order valence-corrected chi connectivity index (χ3v) is 5.82. The van der Waals surface area contributed by atoms with E-state index in [0.29, 0.717) is 11.8 Å². The van der Waals surface area contributed by atoms with E-state index in [0.717, 1.165) is 41.7 Å². The first kappa shape index (κ1) is 15.6. The van der Waals surface area contributed by atoms with Crippen LogP contribution >= 0.6 is 0 Å². The highest BCUT2D eigenvalue weighted by atomic mass is 16.5. The lowest BCUT2D eigenvalue weighted by molar-refractivity contribution is -0.0444. The molecule has 0 spiro atoms. The number of methoxy groups -OCH3 is 1. The number of pyridine rings is 1. The molecule has 0 saturated carbocycles. The van der Waals surface area contributed by atoms with E-state index in [-0.39, 0.29) is 6.04 Å². The van der Waals surface area contributed by atoms with Crippen LogP contribution in [0.3, 0.4) is 0 Å². The number of piperidine rings is 3. The van der Waals surface area contributed by atoms with Crippen LogP contribution in [-0.4, -0.2) is 41.2 Å². The molecule has 1 N–H and O–H groups in total. The molecule has 2 aromatic rings. The van der Waals surface area contributed by atoms with Gasteiger partial charge in [-0.3, -0.25) is 9.88 Å². The van der Waals surface area contributed by atoms with Gasteiger partial charge in [-0.15, -0.1) is 6.58 Å². The van der Waals surface area contributed by atoms with Gasteiger partial charge in [0, 0.05) is 24.2 Å². The number of aliphatic hydroxyl groups is 1. The fourth-order valence-corrected chi connectivity index (χ4v) is 4.44. The summed E-state index contributed by atoms with van der Waals surface area (Å²) in [4.78, 5) is 6.86. The molecule has 4 heterocycles. The van der Waals surface area contributed by atoms with Gasteiger partial charge < -0.3 is 9.84 Å². The summed E-state index contributed by atoms with van der Waals surface area (Å²) in [6.07, 6.45) is 5.62. The van der Waals surface area contributed by atoms with Crippen LogP contribution in [0.2, 0.25) is 0 Å². The van der Waals surface area contributed by atoms with Gasteiger partial charge in [-0.05, 0) is 61.1 Å². The van der Waals surface area contributed by atoms with Gasteiger partial charge in [-0.1, -0.05) is 6.08 Å². The van der Waals surface area contributed by atoms with E-state index in [1.807, 2.05) is 24.3 Å². The Labute approximate surface area is 142 Å². The smallest absolute Gasteiger partial charge is 0.119 e. The number of rotatable bonds is 4. The predicted octanol–water partition coefficient (Wildman–Crippen LogP) is 3.17. The molecule has 3 aliphatic rings. The van der Waals surface area contributed by atoms with Crippen molar-refractivity contribution in [1.29, 1.82) is 0 Å². The SMILES string of the molecule is C=CC1CN2CC[C@@H]1CC2[C@H](O)c1ccnc2ccc(OC)cc12. The molecule has 4 heteroatoms. The summed E-state index contributed by atoms with van der Waals surface area (Å²) in [5, 5.41) is 12.1. The maximum atomic E-state index is 11.2. The normalized spacial score (nSPS) is 30.2. The monoisotopic (exact) mass is 324 g/mol. The van der Waals surface area contributed by atoms with Gasteiger partial charge in [0.2, 0.25) is 0 Å². The van der Waals surface area contributed by atoms with Crippen LogP contribution in [0.15, 0.2) is 43.1 Å². The Bertz CT molecular complexity index is 760. The molecule has 3 aliphatic heterocycles. The van der Waals surface area contributed by atoms with Crippen LogP contribution in [-0.2, 0) is 0 Å². The quantitative estimate of drug-likeness (QED) is 0.878. The summed E-state index contributed by atoms with van der Waals surface area (Å²) in [5.41, 5.74) is 1.85. The maximum Gasteiger partial charge on any atom is 0.119 e. The second kappa shape index (κ2) is 6.19. The minimum absolute atomic E-state index is 0.178. The van der Waals surface area contributed by atoms with Gasteiger partial charge in [0.15, 0.2) is 0 Å². The van der Waals surface area contributed by atoms with Crippen molar-refractivity contribution >= 4 is 10.9 Å². The molecule has 126 valence electrons. The summed E-state index contributed by atoms with van der Waals surface area (Å²) >= 11 is 0. The van der Waals surface area contributed by atoms with Crippen molar-refractivity contribution in [1.82, 2.24) is 9.88 Å². The van der Waals surface area contributed by atoms with E-state index >= 15 is 0 Å². The molecular formula is C20H24N2O2. The van der Waals surface area contributed by atoms with E-state index < -0.39 is 6.10 Å². The Kier molecular flexibility index (Phi) is 4.02. The molecular weight excluding hydrogens is 300 g/mol. The summed E-state index contributed by atoms with van der Waals surface area (Å²) < 4.78 is 5.35. The second-order valence-corrected chi connectivity index (χ2v) is 6.97. The molecule has 1 aromatic heterocycles. The van der Waals surface area contributed by atoms with Gasteiger partial charge in [0.05, 0.1) is 18.7 Å². The van der Waals surface area contributed by atoms with Crippen molar-refractivity contribution < 1.29 is 9.84 Å². The number of hydrogen-bond acceptors (Lipinski definition) is 4. The first-order valence-electron chi connectivity index (χ1n) is 8.68. The van der Waals surface area contributed by atoms with Crippen LogP contribution < -0.4 is 4.74 Å². The molecule has 4 nitrogen and oxygen atoms in total. The molecule has 1 aromatic carbocycles. The van der Waals surface area contributed by atoms with Crippen molar-refractivity contribution in [2.75, 3.05) is 20.2 Å². The van der Waals surface area contributed by atoms with Gasteiger partial charge in [0.1, 0.15) is 5.75 Å². The highest BCUT2D eigenvalue weighted by Gasteiger charge is 2.42. The van der Waals surface area contributed by atoms with Gasteiger partial charge in [-0.25, -0.2) is 0 Å². The van der Waals surface area contributed by atoms with E-state index in [2.05, 4.69) is 22.5 Å². The van der Waals surface area contributed by atoms with Gasteiger partial charge in [-0.2, -0.15) is 0 Å². The van der Waals surface area contributed by atoms with E-state index in [1.54, 1.807) is 13.3 Å². The largest absolute Gasteiger partial charge is 0.497 e. The Balaban J connectivity index is 1.69. The van der Waals surface area contributed by atoms with E-state index in [9.17, 15) is 5.11 Å². The molecule has 24 heavy (non-hydrogen) atoms. The Morgan fingerprint density at radius 2 is 2.29 bits per heavy atom. The lowest BCUT2D eigenvalue weighted by atomic mass is 9.73. The molecule has 0 amide bonds. The second-order valence-electron chi connectivity index (χ2n) is 6.97. The number of hydrogen-bond donors (Lipinski definition) is 1. The molecule has 3 unspecified atom stereocenters. The number of benzene rings is 1. The fraction of sp³-hybridized carbons (Fsp3) is 0.450. The van der Waals surface area contributed by atoms with Crippen molar-refractivity contribution in [3.8, 4) is 5.75 Å². The number of ether oxygens (including phenoxy) is 1. The van der Waals surface area contributed by atoms with Crippen LogP contribution in [0.4, 0.5) is 0 Å². The molecule has 0 aliphatic carbocycles. The number of fused-ring (bicyclic) bond motifs is 4. The highest BCUT2D eigenvalue weighted by molar-refractivity contribution is 5.83. The summed E-state index contributed by atoms with van der Waals surface area (Å²) in [5.74, 6) is 2.01. The molecule has 5 rings (SSSR count). The molecule has 3 saturated heterocycles. The predicted molar refractivity (Wildman–Crippen MR) is 95.0 cm³/mol. The number of nitrogens with zero attached hydrogens (tertiary/aromatic N) is 2. The van der Waals surface area contributed by atoms with Crippen LogP contribution in [0, 0.1) is 11.8 Å². The van der Waals surface area contributed by atoms with Crippen LogP contribution in [0.1, 0.15) is 24.5 Å². The Morgan fingerprint density at radius 1 is 1.42 bits per heavy atom. The molecule has 3 fully saturated rings. The van der Waals surface area contributed by atoms with Crippen LogP contribution in [0.5, 0.6) is 5.75 Å². The molecule has 5 atom stereocenters. The Morgan fingerprint density at radius 3 is 3.00 bits per heavy atom. The molecule has 0 radical (unpaired) electrons. The van der Waals surface area contributed by atoms with Crippen molar-refractivity contribution in [2.45, 2.75) is 25.0 Å². The summed E-state index contributed by atoms with van der Waals surface area (Å²) in [6, 6.07) is 7.96. The van der Waals surface area contributed by atoms with Crippen molar-refractivity contribution in [2.24, 2.45) is 11.8 Å². The van der Waals surface area contributed by atoms with Crippen molar-refractivity contribution in [3.63, 3.8) is 0 Å². The highest BCUT2D eigenvalue weighted by Crippen LogP contribution is 2.42. The third-order valence-electron chi connectivity index (χ3n) is 5.82. The molecule has 2 bridgehead atoms. The lowest BCUT2D eigenvalue weighted by Crippen LogP contribution is -2.54. The Hall–Kier alpha value is -1.91. The zero-order chi connectivity index (χ0) is 16.7. The lowest BCUT2D eigenvalue weighted by Gasteiger charge is -2.50. The summed E-state index contributed by atoms with van der Waals surface area (Å²) in [7, 11) is 1.66. The first-order valence-corrected chi connectivity index (χ1v) is 8.68. The third kappa shape index (κ3) is 2.50. The van der Waals surface area contributed by atoms with Crippen LogP contribution in [0.25, 0.3) is 10.9 Å². The maximum absolute atomic E-state index is 11.2. The average Bonchev–Trinajstić information content (AvgIpc) is 2.66. The fourth-order valence-electron chi connectivity index (χ4n) is 4.44. The minimum atomic E-state index is -0.504. The van der Waals surface area contributed by atoms with E-state index in [4.69, 9.17) is 4.74 Å². The zero-order valence-electron chi connectivity index (χ0n) is 14.1. The van der Waals surface area contributed by atoms with Crippen molar-refractivity contribution in [3.05, 3.63) is 48.7 Å². The number of aromatic nitrogens is 1. The minimum Gasteiger partial charge on any atom is -0.497 e. The number of aliphatic hydroxyl groups excluding tert-OH is 1. The summed E-state index contributed by atoms with van der Waals surface area (Å²) in [6.45, 7) is 6.07. The zero-order valence-corrected chi connectivity index (χ0v) is 14.1. The first-order chi connectivity index (χ1) is 11.7. The van der Waals surface area contributed by atoms with Gasteiger partial charge >= 0.3 is 0 Å². The topological polar surface area (TPSA) is 45.6 Å². The van der Waals surface area contributed by atoms with Gasteiger partial charge in [0.25, 0.3) is 0 Å². The average molecular weight is 324 g/mol. The standard InChI is InChI=1S/C20H24N2O2/c1-3-13-12-22-9-7-14(13)10-19(22)20(23)16-6-8-21-18-5-4-15(24-2)11-17(16)18/h3-6,8,11,13-14,19-20,23H,1,7,9-10,12H2,2H3/t13?,14-,19?,20-/m1/s1.